The molecular formula is C11H13N3. The van der Waals surface area contributed by atoms with Gasteiger partial charge in [-0.15, -0.1) is 0 Å². The third-order valence-electron chi connectivity index (χ3n) is 2.39. The summed E-state index contributed by atoms with van der Waals surface area (Å²) in [6.07, 6.45) is 2.16. The molecule has 3 heteroatoms. The van der Waals surface area contributed by atoms with Crippen LogP contribution in [0.4, 0.5) is 0 Å². The molecule has 0 atom stereocenters. The largest absolute Gasteiger partial charge is 0.383 e. The number of hydrogen-bond donors (Lipinski definition) is 2. The molecule has 0 spiro atoms. The number of nitrogens with zero attached hydrogens (tertiary/aromatic N) is 1. The lowest BCUT2D eigenvalue weighted by molar-refractivity contribution is 0.921. The maximum atomic E-state index is 7.62. The lowest BCUT2D eigenvalue weighted by Crippen LogP contribution is -2.10. The van der Waals surface area contributed by atoms with Gasteiger partial charge in [0.25, 0.3) is 0 Å². The van der Waals surface area contributed by atoms with Crippen molar-refractivity contribution in [3.8, 4) is 0 Å². The summed E-state index contributed by atoms with van der Waals surface area (Å²) < 4.78 is 0. The van der Waals surface area contributed by atoms with E-state index in [-0.39, 0.29) is 5.84 Å². The molecule has 1 aliphatic heterocycles. The molecule has 1 aliphatic rings. The van der Waals surface area contributed by atoms with Crippen molar-refractivity contribution in [3.05, 3.63) is 34.9 Å². The van der Waals surface area contributed by atoms with E-state index < -0.39 is 0 Å². The van der Waals surface area contributed by atoms with E-state index in [0.717, 1.165) is 24.0 Å². The molecule has 1 aromatic carbocycles. The smallest absolute Gasteiger partial charge is 0.154 e. The third-order valence-corrected chi connectivity index (χ3v) is 2.39. The van der Waals surface area contributed by atoms with E-state index in [1.807, 2.05) is 12.1 Å². The Balaban J connectivity index is 2.44. The Bertz CT molecular complexity index is 419. The second-order valence-corrected chi connectivity index (χ2v) is 3.48. The minimum Gasteiger partial charge on any atom is -0.383 e. The van der Waals surface area contributed by atoms with Crippen LogP contribution in [0.15, 0.2) is 23.2 Å². The summed E-state index contributed by atoms with van der Waals surface area (Å²) in [6, 6.07) is 6.04. The van der Waals surface area contributed by atoms with Crippen molar-refractivity contribution in [2.75, 3.05) is 0 Å². The highest BCUT2D eigenvalue weighted by molar-refractivity contribution is 6.20. The van der Waals surface area contributed by atoms with Crippen molar-refractivity contribution in [2.45, 2.75) is 19.8 Å². The highest BCUT2D eigenvalue weighted by Crippen LogP contribution is 2.19. The van der Waals surface area contributed by atoms with Gasteiger partial charge < -0.3 is 5.73 Å². The van der Waals surface area contributed by atoms with E-state index in [0.29, 0.717) is 5.84 Å². The molecule has 3 N–H and O–H groups in total. The number of hydrogen-bond acceptors (Lipinski definition) is 2. The fourth-order valence-corrected chi connectivity index (χ4v) is 1.70. The predicted octanol–water partition coefficient (Wildman–Crippen LogP) is 1.68. The van der Waals surface area contributed by atoms with Crippen molar-refractivity contribution < 1.29 is 0 Å². The van der Waals surface area contributed by atoms with Crippen molar-refractivity contribution >= 4 is 11.7 Å². The summed E-state index contributed by atoms with van der Waals surface area (Å²) in [7, 11) is 0. The molecule has 3 nitrogen and oxygen atoms in total. The normalized spacial score (nSPS) is 14.1. The Morgan fingerprint density at radius 2 is 2.14 bits per heavy atom. The van der Waals surface area contributed by atoms with Crippen LogP contribution in [0.1, 0.15) is 30.0 Å². The van der Waals surface area contributed by atoms with Crippen molar-refractivity contribution in [2.24, 2.45) is 10.7 Å². The van der Waals surface area contributed by atoms with Gasteiger partial charge in [-0.1, -0.05) is 25.5 Å². The minimum atomic E-state index is 0.287. The van der Waals surface area contributed by atoms with E-state index in [2.05, 4.69) is 18.0 Å². The van der Waals surface area contributed by atoms with Gasteiger partial charge in [-0.25, -0.2) is 4.99 Å². The van der Waals surface area contributed by atoms with Crippen LogP contribution >= 0.6 is 0 Å². The Kier molecular flexibility index (Phi) is 2.08. The fraction of sp³-hybridized carbons (Fsp3) is 0.273. The Labute approximate surface area is 83.2 Å². The SMILES string of the molecule is CCCc1ccc2c(c1)C(=N)N=C2N. The molecule has 14 heavy (non-hydrogen) atoms. The molecule has 72 valence electrons. The summed E-state index contributed by atoms with van der Waals surface area (Å²) in [5, 5.41) is 7.62. The highest BCUT2D eigenvalue weighted by atomic mass is 14.9. The summed E-state index contributed by atoms with van der Waals surface area (Å²) in [5.74, 6) is 0.753. The van der Waals surface area contributed by atoms with Gasteiger partial charge in [0.05, 0.1) is 0 Å². The molecule has 0 aromatic heterocycles. The monoisotopic (exact) mass is 187 g/mol. The molecule has 0 fully saturated rings. The number of benzene rings is 1. The molecule has 1 aromatic rings. The van der Waals surface area contributed by atoms with Gasteiger partial charge in [0.1, 0.15) is 5.84 Å². The number of aryl methyl sites for hydroxylation is 1. The zero-order valence-electron chi connectivity index (χ0n) is 8.17. The first-order chi connectivity index (χ1) is 6.72. The van der Waals surface area contributed by atoms with Gasteiger partial charge in [0.2, 0.25) is 0 Å². The molecular weight excluding hydrogens is 174 g/mol. The maximum Gasteiger partial charge on any atom is 0.154 e. The first kappa shape index (κ1) is 8.94. The van der Waals surface area contributed by atoms with E-state index in [9.17, 15) is 0 Å². The average molecular weight is 187 g/mol. The van der Waals surface area contributed by atoms with Crippen LogP contribution in [0, 0.1) is 5.41 Å². The molecule has 1 heterocycles. The van der Waals surface area contributed by atoms with Gasteiger partial charge in [0.15, 0.2) is 5.84 Å². The molecule has 0 saturated carbocycles. The Morgan fingerprint density at radius 1 is 1.36 bits per heavy atom. The average Bonchev–Trinajstić information content (AvgIpc) is 2.43. The van der Waals surface area contributed by atoms with Crippen molar-refractivity contribution in [3.63, 3.8) is 0 Å². The van der Waals surface area contributed by atoms with E-state index in [4.69, 9.17) is 11.1 Å². The number of aliphatic imine (C=N–C) groups is 1. The number of nitrogens with two attached hydrogens (primary N) is 1. The van der Waals surface area contributed by atoms with Gasteiger partial charge in [-0.2, -0.15) is 0 Å². The van der Waals surface area contributed by atoms with Crippen molar-refractivity contribution in [1.29, 1.82) is 5.41 Å². The van der Waals surface area contributed by atoms with Crippen LogP contribution in [0.2, 0.25) is 0 Å². The maximum absolute atomic E-state index is 7.62. The molecule has 0 saturated heterocycles. The van der Waals surface area contributed by atoms with Gasteiger partial charge in [-0.05, 0) is 18.1 Å². The van der Waals surface area contributed by atoms with Crippen LogP contribution in [0.3, 0.4) is 0 Å². The van der Waals surface area contributed by atoms with Crippen LogP contribution in [0.25, 0.3) is 0 Å². The standard InChI is InChI=1S/C11H13N3/c1-2-3-7-4-5-8-9(6-7)11(13)14-10(8)12/h4-6H,2-3H2,1H3,(H3,12,13,14). The molecule has 0 bridgehead atoms. The summed E-state index contributed by atoms with van der Waals surface area (Å²) >= 11 is 0. The summed E-state index contributed by atoms with van der Waals surface area (Å²) in [6.45, 7) is 2.14. The molecule has 2 rings (SSSR count). The van der Waals surface area contributed by atoms with Crippen molar-refractivity contribution in [1.82, 2.24) is 0 Å². The quantitative estimate of drug-likeness (QED) is 0.727. The van der Waals surface area contributed by atoms with Crippen LogP contribution in [-0.2, 0) is 6.42 Å². The number of amidine groups is 2. The zero-order valence-corrected chi connectivity index (χ0v) is 8.17. The molecule has 0 unspecified atom stereocenters. The second-order valence-electron chi connectivity index (χ2n) is 3.48. The Hall–Kier alpha value is -1.64. The van der Waals surface area contributed by atoms with Gasteiger partial charge in [0, 0.05) is 11.1 Å². The zero-order chi connectivity index (χ0) is 10.1. The lowest BCUT2D eigenvalue weighted by atomic mass is 10.0. The number of nitrogens with one attached hydrogen (secondary N) is 1. The number of fused-ring (bicyclic) bond motifs is 1. The van der Waals surface area contributed by atoms with Crippen LogP contribution in [0.5, 0.6) is 0 Å². The van der Waals surface area contributed by atoms with Crippen LogP contribution < -0.4 is 5.73 Å². The molecule has 0 radical (unpaired) electrons. The van der Waals surface area contributed by atoms with Crippen LogP contribution in [-0.4, -0.2) is 11.7 Å². The van der Waals surface area contributed by atoms with Gasteiger partial charge in [-0.3, -0.25) is 5.41 Å². The van der Waals surface area contributed by atoms with E-state index in [1.165, 1.54) is 5.56 Å². The highest BCUT2D eigenvalue weighted by Gasteiger charge is 2.17. The van der Waals surface area contributed by atoms with E-state index >= 15 is 0 Å². The van der Waals surface area contributed by atoms with Gasteiger partial charge >= 0.3 is 0 Å². The third kappa shape index (κ3) is 1.31. The summed E-state index contributed by atoms with van der Waals surface area (Å²) in [5.41, 5.74) is 8.69. The summed E-state index contributed by atoms with van der Waals surface area (Å²) in [4.78, 5) is 3.94. The first-order valence-electron chi connectivity index (χ1n) is 4.78. The molecule has 0 amide bonds. The lowest BCUT2D eigenvalue weighted by Gasteiger charge is -2.02. The second kappa shape index (κ2) is 3.25. The topological polar surface area (TPSA) is 62.2 Å². The Morgan fingerprint density at radius 3 is 2.86 bits per heavy atom. The minimum absolute atomic E-state index is 0.287. The number of rotatable bonds is 2. The fourth-order valence-electron chi connectivity index (χ4n) is 1.70. The van der Waals surface area contributed by atoms with E-state index in [1.54, 1.807) is 0 Å². The predicted molar refractivity (Wildman–Crippen MR) is 58.0 cm³/mol. The molecule has 0 aliphatic carbocycles. The first-order valence-corrected chi connectivity index (χ1v) is 4.78.